The molecule has 144 valence electrons. The van der Waals surface area contributed by atoms with Crippen molar-refractivity contribution in [3.8, 4) is 0 Å². The van der Waals surface area contributed by atoms with E-state index in [0.29, 0.717) is 50.7 Å². The predicted octanol–water partition coefficient (Wildman–Crippen LogP) is 1.96. The molecular weight excluding hydrogens is 375 g/mol. The van der Waals surface area contributed by atoms with Gasteiger partial charge in [0.1, 0.15) is 11.6 Å². The van der Waals surface area contributed by atoms with Crippen LogP contribution >= 0.6 is 11.6 Å². The highest BCUT2D eigenvalue weighted by atomic mass is 35.5. The van der Waals surface area contributed by atoms with E-state index < -0.39 is 11.7 Å². The molecular formula is C18H20ClFN4O3. The maximum atomic E-state index is 13.7. The molecule has 1 aliphatic rings. The quantitative estimate of drug-likeness (QED) is 0.838. The number of rotatable bonds is 5. The van der Waals surface area contributed by atoms with Crippen LogP contribution in [-0.4, -0.2) is 66.0 Å². The molecule has 1 N–H and O–H groups in total. The van der Waals surface area contributed by atoms with E-state index in [2.05, 4.69) is 15.4 Å². The van der Waals surface area contributed by atoms with Gasteiger partial charge in [0.25, 0.3) is 11.8 Å². The number of amides is 2. The maximum Gasteiger partial charge on any atom is 0.276 e. The molecule has 2 amide bonds. The van der Waals surface area contributed by atoms with Crippen LogP contribution < -0.4 is 5.32 Å². The summed E-state index contributed by atoms with van der Waals surface area (Å²) in [7, 11) is 0. The van der Waals surface area contributed by atoms with Gasteiger partial charge >= 0.3 is 0 Å². The lowest BCUT2D eigenvalue weighted by Gasteiger charge is -2.34. The molecule has 2 aromatic rings. The van der Waals surface area contributed by atoms with Crippen LogP contribution in [-0.2, 0) is 0 Å². The zero-order valence-corrected chi connectivity index (χ0v) is 15.6. The lowest BCUT2D eigenvalue weighted by Crippen LogP contribution is -2.50. The second kappa shape index (κ2) is 8.49. The summed E-state index contributed by atoms with van der Waals surface area (Å²) >= 11 is 5.89. The predicted molar refractivity (Wildman–Crippen MR) is 97.3 cm³/mol. The monoisotopic (exact) mass is 394 g/mol. The Morgan fingerprint density at radius 2 is 2.04 bits per heavy atom. The number of aromatic nitrogens is 1. The third-order valence-corrected chi connectivity index (χ3v) is 4.72. The van der Waals surface area contributed by atoms with Crippen molar-refractivity contribution in [2.45, 2.75) is 6.92 Å². The summed E-state index contributed by atoms with van der Waals surface area (Å²) < 4.78 is 18.7. The van der Waals surface area contributed by atoms with Crippen LogP contribution in [0.1, 0.15) is 26.6 Å². The van der Waals surface area contributed by atoms with Crippen molar-refractivity contribution < 1.29 is 18.5 Å². The summed E-state index contributed by atoms with van der Waals surface area (Å²) in [4.78, 5) is 28.3. The van der Waals surface area contributed by atoms with Crippen molar-refractivity contribution in [1.82, 2.24) is 20.3 Å². The SMILES string of the molecule is Cc1cc(C(=O)N2CCN(CCNC(=O)c3c(F)cccc3Cl)CC2)no1. The second-order valence-electron chi connectivity index (χ2n) is 6.31. The van der Waals surface area contributed by atoms with E-state index in [9.17, 15) is 14.0 Å². The van der Waals surface area contributed by atoms with Gasteiger partial charge in [0, 0.05) is 45.3 Å². The van der Waals surface area contributed by atoms with Gasteiger partial charge in [0.15, 0.2) is 5.69 Å². The van der Waals surface area contributed by atoms with Crippen molar-refractivity contribution in [2.75, 3.05) is 39.3 Å². The van der Waals surface area contributed by atoms with Crippen LogP contribution in [0, 0.1) is 12.7 Å². The Morgan fingerprint density at radius 1 is 1.30 bits per heavy atom. The fourth-order valence-corrected chi connectivity index (χ4v) is 3.18. The van der Waals surface area contributed by atoms with Crippen LogP contribution in [0.25, 0.3) is 0 Å². The highest BCUT2D eigenvalue weighted by Crippen LogP contribution is 2.18. The lowest BCUT2D eigenvalue weighted by molar-refractivity contribution is 0.0628. The minimum absolute atomic E-state index is 0.0859. The number of carbonyl (C=O) groups excluding carboxylic acids is 2. The van der Waals surface area contributed by atoms with Crippen LogP contribution in [0.5, 0.6) is 0 Å². The summed E-state index contributed by atoms with van der Waals surface area (Å²) in [5.41, 5.74) is 0.174. The van der Waals surface area contributed by atoms with Gasteiger partial charge in [-0.2, -0.15) is 0 Å². The van der Waals surface area contributed by atoms with Gasteiger partial charge in [-0.15, -0.1) is 0 Å². The Balaban J connectivity index is 1.43. The molecule has 0 spiro atoms. The second-order valence-corrected chi connectivity index (χ2v) is 6.72. The summed E-state index contributed by atoms with van der Waals surface area (Å²) in [6, 6.07) is 5.76. The number of carbonyl (C=O) groups is 2. The van der Waals surface area contributed by atoms with Gasteiger partial charge in [-0.05, 0) is 19.1 Å². The number of hydrogen-bond acceptors (Lipinski definition) is 5. The maximum absolute atomic E-state index is 13.7. The molecule has 0 saturated carbocycles. The van der Waals surface area contributed by atoms with E-state index in [4.69, 9.17) is 16.1 Å². The molecule has 1 aromatic carbocycles. The summed E-state index contributed by atoms with van der Waals surface area (Å²) in [5, 5.41) is 6.52. The number of benzene rings is 1. The van der Waals surface area contributed by atoms with E-state index in [1.807, 2.05) is 0 Å². The molecule has 3 rings (SSSR count). The van der Waals surface area contributed by atoms with Gasteiger partial charge in [0.2, 0.25) is 0 Å². The van der Waals surface area contributed by atoms with Crippen molar-refractivity contribution in [1.29, 1.82) is 0 Å². The molecule has 1 saturated heterocycles. The molecule has 1 aromatic heterocycles. The van der Waals surface area contributed by atoms with E-state index >= 15 is 0 Å². The molecule has 0 bridgehead atoms. The Morgan fingerprint density at radius 3 is 2.67 bits per heavy atom. The minimum atomic E-state index is -0.643. The van der Waals surface area contributed by atoms with Gasteiger partial charge < -0.3 is 14.7 Å². The van der Waals surface area contributed by atoms with Crippen LogP contribution in [0.3, 0.4) is 0 Å². The van der Waals surface area contributed by atoms with Gasteiger partial charge in [-0.1, -0.05) is 22.8 Å². The molecule has 9 heteroatoms. The summed E-state index contributed by atoms with van der Waals surface area (Å²) in [6.07, 6.45) is 0. The first-order valence-corrected chi connectivity index (χ1v) is 9.00. The molecule has 0 unspecified atom stereocenters. The van der Waals surface area contributed by atoms with Gasteiger partial charge in [-0.25, -0.2) is 4.39 Å². The zero-order valence-electron chi connectivity index (χ0n) is 14.9. The van der Waals surface area contributed by atoms with E-state index in [1.54, 1.807) is 17.9 Å². The molecule has 0 radical (unpaired) electrons. The van der Waals surface area contributed by atoms with Crippen molar-refractivity contribution in [2.24, 2.45) is 0 Å². The van der Waals surface area contributed by atoms with E-state index in [-0.39, 0.29) is 16.5 Å². The minimum Gasteiger partial charge on any atom is -0.361 e. The first kappa shape index (κ1) is 19.3. The summed E-state index contributed by atoms with van der Waals surface area (Å²) in [6.45, 7) is 5.20. The summed E-state index contributed by atoms with van der Waals surface area (Å²) in [5.74, 6) is -0.722. The number of nitrogens with zero attached hydrogens (tertiary/aromatic N) is 3. The lowest BCUT2D eigenvalue weighted by atomic mass is 10.2. The van der Waals surface area contributed by atoms with Crippen molar-refractivity contribution in [3.05, 3.63) is 52.1 Å². The number of halogens is 2. The Bertz CT molecular complexity index is 814. The van der Waals surface area contributed by atoms with E-state index in [0.717, 1.165) is 0 Å². The smallest absolute Gasteiger partial charge is 0.276 e. The molecule has 27 heavy (non-hydrogen) atoms. The molecule has 7 nitrogen and oxygen atoms in total. The van der Waals surface area contributed by atoms with Crippen molar-refractivity contribution in [3.63, 3.8) is 0 Å². The molecule has 0 atom stereocenters. The Hall–Kier alpha value is -2.45. The van der Waals surface area contributed by atoms with Crippen LogP contribution in [0.4, 0.5) is 4.39 Å². The van der Waals surface area contributed by atoms with E-state index in [1.165, 1.54) is 18.2 Å². The standard InChI is InChI=1S/C18H20ClFN4O3/c1-12-11-15(22-27-12)18(26)24-9-7-23(8-10-24)6-5-21-17(25)16-13(19)3-2-4-14(16)20/h2-4,11H,5-10H2,1H3,(H,21,25). The number of piperazine rings is 1. The van der Waals surface area contributed by atoms with Gasteiger partial charge in [-0.3, -0.25) is 14.5 Å². The number of nitrogens with one attached hydrogen (secondary N) is 1. The topological polar surface area (TPSA) is 78.7 Å². The van der Waals surface area contributed by atoms with Gasteiger partial charge in [0.05, 0.1) is 10.6 Å². The molecule has 1 aliphatic heterocycles. The number of hydrogen-bond donors (Lipinski definition) is 1. The largest absolute Gasteiger partial charge is 0.361 e. The molecule has 1 fully saturated rings. The first-order chi connectivity index (χ1) is 13.0. The molecule has 2 heterocycles. The third-order valence-electron chi connectivity index (χ3n) is 4.41. The first-order valence-electron chi connectivity index (χ1n) is 8.63. The third kappa shape index (κ3) is 4.64. The Labute approximate surface area is 161 Å². The highest BCUT2D eigenvalue weighted by Gasteiger charge is 2.24. The fraction of sp³-hybridized carbons (Fsp3) is 0.389. The fourth-order valence-electron chi connectivity index (χ4n) is 2.93. The van der Waals surface area contributed by atoms with Crippen molar-refractivity contribution >= 4 is 23.4 Å². The van der Waals surface area contributed by atoms with Crippen LogP contribution in [0.15, 0.2) is 28.8 Å². The highest BCUT2D eigenvalue weighted by molar-refractivity contribution is 6.33. The number of aryl methyl sites for hydroxylation is 1. The Kier molecular flexibility index (Phi) is 6.08. The average molecular weight is 395 g/mol. The average Bonchev–Trinajstić information content (AvgIpc) is 3.08. The molecule has 0 aliphatic carbocycles. The van der Waals surface area contributed by atoms with Crippen LogP contribution in [0.2, 0.25) is 5.02 Å². The zero-order chi connectivity index (χ0) is 19.4. The normalized spacial score (nSPS) is 15.0.